The number of hydrogen-bond acceptors (Lipinski definition) is 2. The Morgan fingerprint density at radius 3 is 2.47 bits per heavy atom. The van der Waals surface area contributed by atoms with Crippen LogP contribution in [0.4, 0.5) is 0 Å². The van der Waals surface area contributed by atoms with Gasteiger partial charge in [-0.15, -0.1) is 0 Å². The summed E-state index contributed by atoms with van der Waals surface area (Å²) >= 11 is 0. The molecule has 1 amide bonds. The lowest BCUT2D eigenvalue weighted by molar-refractivity contribution is -0.127. The van der Waals surface area contributed by atoms with Crippen molar-refractivity contribution < 1.29 is 9.59 Å². The van der Waals surface area contributed by atoms with Crippen molar-refractivity contribution in [1.29, 1.82) is 0 Å². The number of ketones is 1. The van der Waals surface area contributed by atoms with E-state index in [0.29, 0.717) is 18.8 Å². The van der Waals surface area contributed by atoms with Crippen molar-refractivity contribution in [2.24, 2.45) is 5.92 Å². The first-order valence-electron chi connectivity index (χ1n) is 5.95. The lowest BCUT2D eigenvalue weighted by atomic mass is 10.0. The van der Waals surface area contributed by atoms with Crippen molar-refractivity contribution in [3.63, 3.8) is 0 Å². The van der Waals surface area contributed by atoms with E-state index in [2.05, 4.69) is 5.32 Å². The zero-order valence-electron chi connectivity index (χ0n) is 9.71. The molecule has 1 fully saturated rings. The van der Waals surface area contributed by atoms with E-state index in [1.54, 1.807) is 6.92 Å². The molecular formula is C12H21NO2. The molecule has 1 rings (SSSR count). The summed E-state index contributed by atoms with van der Waals surface area (Å²) in [5.41, 5.74) is 0. The van der Waals surface area contributed by atoms with Gasteiger partial charge in [0.25, 0.3) is 0 Å². The highest BCUT2D eigenvalue weighted by Gasteiger charge is 2.20. The van der Waals surface area contributed by atoms with E-state index in [1.807, 2.05) is 6.92 Å². The van der Waals surface area contributed by atoms with Crippen LogP contribution in [-0.2, 0) is 9.59 Å². The van der Waals surface area contributed by atoms with Crippen LogP contribution in [0.2, 0.25) is 0 Å². The maximum Gasteiger partial charge on any atom is 0.220 e. The molecule has 15 heavy (non-hydrogen) atoms. The van der Waals surface area contributed by atoms with Gasteiger partial charge in [-0.1, -0.05) is 19.8 Å². The van der Waals surface area contributed by atoms with Gasteiger partial charge in [-0.05, 0) is 25.7 Å². The average molecular weight is 211 g/mol. The van der Waals surface area contributed by atoms with Crippen molar-refractivity contribution in [2.75, 3.05) is 0 Å². The van der Waals surface area contributed by atoms with Crippen molar-refractivity contribution in [3.05, 3.63) is 0 Å². The molecule has 1 unspecified atom stereocenters. The molecule has 0 radical (unpaired) electrons. The molecule has 3 heteroatoms. The Morgan fingerprint density at radius 1 is 1.33 bits per heavy atom. The zero-order valence-corrected chi connectivity index (χ0v) is 9.71. The van der Waals surface area contributed by atoms with Crippen LogP contribution in [0.25, 0.3) is 0 Å². The predicted octanol–water partition coefficient (Wildman–Crippen LogP) is 2.05. The van der Waals surface area contributed by atoms with Crippen molar-refractivity contribution in [2.45, 2.75) is 58.4 Å². The number of rotatable bonds is 5. The molecule has 0 aromatic carbocycles. The largest absolute Gasteiger partial charge is 0.347 e. The number of nitrogens with one attached hydrogen (secondary N) is 1. The van der Waals surface area contributed by atoms with E-state index in [-0.39, 0.29) is 17.7 Å². The van der Waals surface area contributed by atoms with Gasteiger partial charge in [-0.25, -0.2) is 0 Å². The maximum atomic E-state index is 11.6. The standard InChI is InChI=1S/C12H21NO2/c1-3-11(14)9(2)13-12(15)8-10-6-4-5-7-10/h9-10H,3-8H2,1-2H3,(H,13,15). The van der Waals surface area contributed by atoms with Crippen LogP contribution >= 0.6 is 0 Å². The fourth-order valence-electron chi connectivity index (χ4n) is 2.16. The van der Waals surface area contributed by atoms with E-state index < -0.39 is 0 Å². The Bertz CT molecular complexity index is 232. The molecule has 0 heterocycles. The second kappa shape index (κ2) is 5.89. The minimum Gasteiger partial charge on any atom is -0.347 e. The van der Waals surface area contributed by atoms with E-state index in [9.17, 15) is 9.59 Å². The highest BCUT2D eigenvalue weighted by Crippen LogP contribution is 2.27. The number of amides is 1. The minimum atomic E-state index is -0.316. The Hall–Kier alpha value is -0.860. The number of carbonyl (C=O) groups is 2. The van der Waals surface area contributed by atoms with Crippen LogP contribution in [0, 0.1) is 5.92 Å². The lowest BCUT2D eigenvalue weighted by Crippen LogP contribution is -2.38. The van der Waals surface area contributed by atoms with Gasteiger partial charge in [0.1, 0.15) is 0 Å². The average Bonchev–Trinajstić information content (AvgIpc) is 2.68. The highest BCUT2D eigenvalue weighted by atomic mass is 16.2. The molecule has 1 saturated carbocycles. The second-order valence-corrected chi connectivity index (χ2v) is 4.46. The van der Waals surface area contributed by atoms with Crippen molar-refractivity contribution in [3.8, 4) is 0 Å². The first kappa shape index (κ1) is 12.2. The SMILES string of the molecule is CCC(=O)C(C)NC(=O)CC1CCCC1. The van der Waals surface area contributed by atoms with Gasteiger partial charge in [-0.2, -0.15) is 0 Å². The molecule has 0 aromatic rings. The monoisotopic (exact) mass is 211 g/mol. The Balaban J connectivity index is 2.25. The second-order valence-electron chi connectivity index (χ2n) is 4.46. The topological polar surface area (TPSA) is 46.2 Å². The van der Waals surface area contributed by atoms with Crippen LogP contribution in [0.1, 0.15) is 52.4 Å². The van der Waals surface area contributed by atoms with Crippen LogP contribution < -0.4 is 5.32 Å². The fourth-order valence-corrected chi connectivity index (χ4v) is 2.16. The highest BCUT2D eigenvalue weighted by molar-refractivity contribution is 5.88. The van der Waals surface area contributed by atoms with E-state index in [1.165, 1.54) is 25.7 Å². The molecule has 3 nitrogen and oxygen atoms in total. The quantitative estimate of drug-likeness (QED) is 0.756. The summed E-state index contributed by atoms with van der Waals surface area (Å²) in [6, 6.07) is -0.316. The van der Waals surface area contributed by atoms with Gasteiger partial charge < -0.3 is 5.32 Å². The van der Waals surface area contributed by atoms with Crippen LogP contribution in [0.5, 0.6) is 0 Å². The number of Topliss-reactive ketones (excluding diaryl/α,β-unsaturated/α-hetero) is 1. The number of carbonyl (C=O) groups excluding carboxylic acids is 2. The van der Waals surface area contributed by atoms with Crippen molar-refractivity contribution >= 4 is 11.7 Å². The summed E-state index contributed by atoms with van der Waals surface area (Å²) in [5.74, 6) is 0.694. The third kappa shape index (κ3) is 4.02. The Morgan fingerprint density at radius 2 is 1.93 bits per heavy atom. The van der Waals surface area contributed by atoms with Crippen LogP contribution in [0.3, 0.4) is 0 Å². The minimum absolute atomic E-state index is 0.0381. The summed E-state index contributed by atoms with van der Waals surface area (Å²) in [6.45, 7) is 3.58. The molecule has 0 bridgehead atoms. The summed E-state index contributed by atoms with van der Waals surface area (Å²) < 4.78 is 0. The van der Waals surface area contributed by atoms with Gasteiger partial charge in [0.15, 0.2) is 5.78 Å². The molecule has 86 valence electrons. The van der Waals surface area contributed by atoms with Crippen molar-refractivity contribution in [1.82, 2.24) is 5.32 Å². The Labute approximate surface area is 91.6 Å². The molecule has 1 atom stereocenters. The van der Waals surface area contributed by atoms with Crippen LogP contribution in [-0.4, -0.2) is 17.7 Å². The molecule has 1 aliphatic carbocycles. The first-order chi connectivity index (χ1) is 7.13. The zero-order chi connectivity index (χ0) is 11.3. The molecular weight excluding hydrogens is 190 g/mol. The Kier molecular flexibility index (Phi) is 4.79. The third-order valence-electron chi connectivity index (χ3n) is 3.16. The van der Waals surface area contributed by atoms with Gasteiger partial charge in [0.05, 0.1) is 6.04 Å². The van der Waals surface area contributed by atoms with E-state index >= 15 is 0 Å². The molecule has 1 N–H and O–H groups in total. The van der Waals surface area contributed by atoms with E-state index in [4.69, 9.17) is 0 Å². The third-order valence-corrected chi connectivity index (χ3v) is 3.16. The van der Waals surface area contributed by atoms with E-state index in [0.717, 1.165) is 0 Å². The smallest absolute Gasteiger partial charge is 0.220 e. The summed E-state index contributed by atoms with van der Waals surface area (Å²) in [7, 11) is 0. The van der Waals surface area contributed by atoms with Crippen LogP contribution in [0.15, 0.2) is 0 Å². The molecule has 0 aromatic heterocycles. The summed E-state index contributed by atoms with van der Waals surface area (Å²) in [6.07, 6.45) is 5.93. The maximum absolute atomic E-state index is 11.6. The van der Waals surface area contributed by atoms with Gasteiger partial charge in [0.2, 0.25) is 5.91 Å². The lowest BCUT2D eigenvalue weighted by Gasteiger charge is -2.14. The normalized spacial score (nSPS) is 18.8. The predicted molar refractivity (Wildman–Crippen MR) is 59.5 cm³/mol. The number of hydrogen-bond donors (Lipinski definition) is 1. The molecule has 1 aliphatic rings. The molecule has 0 aliphatic heterocycles. The summed E-state index contributed by atoms with van der Waals surface area (Å²) in [5, 5.41) is 2.77. The first-order valence-corrected chi connectivity index (χ1v) is 5.95. The van der Waals surface area contributed by atoms with Gasteiger partial charge in [0, 0.05) is 12.8 Å². The van der Waals surface area contributed by atoms with Gasteiger partial charge in [-0.3, -0.25) is 9.59 Å². The fraction of sp³-hybridized carbons (Fsp3) is 0.833. The van der Waals surface area contributed by atoms with Gasteiger partial charge >= 0.3 is 0 Å². The summed E-state index contributed by atoms with van der Waals surface area (Å²) in [4.78, 5) is 22.8. The molecule has 0 saturated heterocycles. The molecule has 0 spiro atoms.